The number of carbonyl (C=O) groups is 2. The molecule has 4 rings (SSSR count). The fourth-order valence-electron chi connectivity index (χ4n) is 4.15. The van der Waals surface area contributed by atoms with Crippen molar-refractivity contribution < 1.29 is 18.4 Å². The van der Waals surface area contributed by atoms with Gasteiger partial charge in [-0.2, -0.15) is 0 Å². The highest BCUT2D eigenvalue weighted by Gasteiger charge is 2.34. The van der Waals surface area contributed by atoms with E-state index in [1.807, 2.05) is 0 Å². The first-order chi connectivity index (χ1) is 14.0. The lowest BCUT2D eigenvalue weighted by molar-refractivity contribution is 0.0652. The third-order valence-electron chi connectivity index (χ3n) is 5.48. The zero-order valence-corrected chi connectivity index (χ0v) is 16.0. The number of hydrogen-bond donors (Lipinski definition) is 1. The lowest BCUT2D eigenvalue weighted by atomic mass is 10.0. The minimum Gasteiger partial charge on any atom is -0.311 e. The van der Waals surface area contributed by atoms with Crippen LogP contribution < -0.4 is 5.32 Å². The summed E-state index contributed by atoms with van der Waals surface area (Å²) in [6, 6.07) is 10.7. The van der Waals surface area contributed by atoms with Crippen molar-refractivity contribution in [2.45, 2.75) is 25.4 Å². The minimum absolute atomic E-state index is 0.206. The largest absolute Gasteiger partial charge is 0.311 e. The molecule has 0 saturated carbocycles. The summed E-state index contributed by atoms with van der Waals surface area (Å²) in [6.45, 7) is 2.94. The number of halogens is 2. The molecule has 152 valence electrons. The van der Waals surface area contributed by atoms with Crippen LogP contribution >= 0.6 is 0 Å². The van der Waals surface area contributed by atoms with E-state index in [2.05, 4.69) is 10.2 Å². The number of benzene rings is 2. The molecule has 2 aromatic carbocycles. The summed E-state index contributed by atoms with van der Waals surface area (Å²) in [5.41, 5.74) is 1.54. The Hall–Kier alpha value is -2.64. The molecule has 0 bridgehead atoms. The number of imide groups is 1. The maximum Gasteiger partial charge on any atom is 0.261 e. The standard InChI is InChI=1S/C22H23F2N3O2/c23-16-10-15(11-17(24)12-16)13-26-8-3-4-18(14-26)25-7-9-27-21(28)19-5-1-2-6-20(19)22(27)29/h1-2,5-6,10-12,18,25H,3-4,7-9,13-14H2. The van der Waals surface area contributed by atoms with E-state index in [4.69, 9.17) is 0 Å². The van der Waals surface area contributed by atoms with Crippen molar-refractivity contribution in [3.05, 3.63) is 70.8 Å². The van der Waals surface area contributed by atoms with Gasteiger partial charge in [0.1, 0.15) is 11.6 Å². The van der Waals surface area contributed by atoms with Gasteiger partial charge in [0, 0.05) is 38.3 Å². The predicted octanol–water partition coefficient (Wildman–Crippen LogP) is 2.82. The highest BCUT2D eigenvalue weighted by molar-refractivity contribution is 6.21. The maximum atomic E-state index is 13.4. The molecule has 2 aromatic rings. The molecule has 1 N–H and O–H groups in total. The SMILES string of the molecule is O=C1c2ccccc2C(=O)N1CCNC1CCCN(Cc2cc(F)cc(F)c2)C1. The molecule has 29 heavy (non-hydrogen) atoms. The second kappa shape index (κ2) is 8.39. The lowest BCUT2D eigenvalue weighted by Gasteiger charge is -2.33. The summed E-state index contributed by atoms with van der Waals surface area (Å²) < 4.78 is 26.8. The van der Waals surface area contributed by atoms with E-state index in [0.717, 1.165) is 32.0 Å². The second-order valence-electron chi connectivity index (χ2n) is 7.61. The van der Waals surface area contributed by atoms with Crippen LogP contribution in [0.5, 0.6) is 0 Å². The lowest BCUT2D eigenvalue weighted by Crippen LogP contribution is -2.47. The number of piperidine rings is 1. The van der Waals surface area contributed by atoms with Crippen molar-refractivity contribution in [1.29, 1.82) is 0 Å². The van der Waals surface area contributed by atoms with Gasteiger partial charge < -0.3 is 5.32 Å². The smallest absolute Gasteiger partial charge is 0.261 e. The van der Waals surface area contributed by atoms with E-state index in [1.54, 1.807) is 24.3 Å². The quantitative estimate of drug-likeness (QED) is 0.759. The van der Waals surface area contributed by atoms with Gasteiger partial charge in [-0.05, 0) is 49.2 Å². The number of fused-ring (bicyclic) bond motifs is 1. The summed E-state index contributed by atoms with van der Waals surface area (Å²) in [5, 5.41) is 3.42. The van der Waals surface area contributed by atoms with Crippen LogP contribution in [0.15, 0.2) is 42.5 Å². The van der Waals surface area contributed by atoms with Crippen LogP contribution in [0.2, 0.25) is 0 Å². The Morgan fingerprint density at radius 1 is 1.00 bits per heavy atom. The summed E-state index contributed by atoms with van der Waals surface area (Å²) in [6.07, 6.45) is 1.96. The van der Waals surface area contributed by atoms with Crippen molar-refractivity contribution >= 4 is 11.8 Å². The van der Waals surface area contributed by atoms with Gasteiger partial charge in [-0.1, -0.05) is 12.1 Å². The van der Waals surface area contributed by atoms with Gasteiger partial charge in [0.2, 0.25) is 0 Å². The zero-order chi connectivity index (χ0) is 20.4. The molecule has 2 aliphatic rings. The molecule has 2 heterocycles. The van der Waals surface area contributed by atoms with E-state index in [-0.39, 0.29) is 17.9 Å². The molecule has 1 atom stereocenters. The van der Waals surface area contributed by atoms with Crippen LogP contribution in [0, 0.1) is 11.6 Å². The summed E-state index contributed by atoms with van der Waals surface area (Å²) >= 11 is 0. The monoisotopic (exact) mass is 399 g/mol. The van der Waals surface area contributed by atoms with E-state index in [9.17, 15) is 18.4 Å². The predicted molar refractivity (Wildman–Crippen MR) is 104 cm³/mol. The van der Waals surface area contributed by atoms with Gasteiger partial charge in [0.05, 0.1) is 11.1 Å². The molecule has 7 heteroatoms. The van der Waals surface area contributed by atoms with Crippen molar-refractivity contribution in [2.24, 2.45) is 0 Å². The third kappa shape index (κ3) is 4.36. The Morgan fingerprint density at radius 2 is 1.66 bits per heavy atom. The average Bonchev–Trinajstić information content (AvgIpc) is 2.93. The van der Waals surface area contributed by atoms with Crippen LogP contribution in [0.25, 0.3) is 0 Å². The molecule has 0 radical (unpaired) electrons. The molecule has 2 amide bonds. The fraction of sp³-hybridized carbons (Fsp3) is 0.364. The van der Waals surface area contributed by atoms with Gasteiger partial charge in [-0.3, -0.25) is 19.4 Å². The molecule has 0 aromatic heterocycles. The minimum atomic E-state index is -0.562. The van der Waals surface area contributed by atoms with Crippen LogP contribution in [0.3, 0.4) is 0 Å². The number of amides is 2. The maximum absolute atomic E-state index is 13.4. The molecule has 1 saturated heterocycles. The molecule has 1 unspecified atom stereocenters. The molecule has 1 fully saturated rings. The molecule has 2 aliphatic heterocycles. The highest BCUT2D eigenvalue weighted by atomic mass is 19.1. The number of carbonyl (C=O) groups excluding carboxylic acids is 2. The first-order valence-corrected chi connectivity index (χ1v) is 9.87. The van der Waals surface area contributed by atoms with E-state index in [0.29, 0.717) is 36.3 Å². The van der Waals surface area contributed by atoms with Crippen LogP contribution in [-0.2, 0) is 6.54 Å². The number of likely N-dealkylation sites (tertiary alicyclic amines) is 1. The van der Waals surface area contributed by atoms with Gasteiger partial charge in [-0.15, -0.1) is 0 Å². The number of rotatable bonds is 6. The highest BCUT2D eigenvalue weighted by Crippen LogP contribution is 2.22. The van der Waals surface area contributed by atoms with Crippen LogP contribution in [-0.4, -0.2) is 53.8 Å². The van der Waals surface area contributed by atoms with E-state index >= 15 is 0 Å². The molecular formula is C22H23F2N3O2. The Morgan fingerprint density at radius 3 is 2.31 bits per heavy atom. The Kier molecular flexibility index (Phi) is 5.69. The fourth-order valence-corrected chi connectivity index (χ4v) is 4.15. The topological polar surface area (TPSA) is 52.7 Å². The summed E-state index contributed by atoms with van der Waals surface area (Å²) in [4.78, 5) is 28.3. The number of nitrogens with one attached hydrogen (secondary N) is 1. The van der Waals surface area contributed by atoms with Crippen molar-refractivity contribution in [3.8, 4) is 0 Å². The Bertz CT molecular complexity index is 879. The number of nitrogens with zero attached hydrogens (tertiary/aromatic N) is 2. The second-order valence-corrected chi connectivity index (χ2v) is 7.61. The van der Waals surface area contributed by atoms with Crippen molar-refractivity contribution in [2.75, 3.05) is 26.2 Å². The van der Waals surface area contributed by atoms with E-state index < -0.39 is 11.6 Å². The van der Waals surface area contributed by atoms with Gasteiger partial charge in [0.15, 0.2) is 0 Å². The normalized spacial score (nSPS) is 19.7. The number of hydrogen-bond acceptors (Lipinski definition) is 4. The van der Waals surface area contributed by atoms with E-state index in [1.165, 1.54) is 17.0 Å². The molecule has 5 nitrogen and oxygen atoms in total. The summed E-state index contributed by atoms with van der Waals surface area (Å²) in [5.74, 6) is -1.61. The first-order valence-electron chi connectivity index (χ1n) is 9.87. The van der Waals surface area contributed by atoms with Gasteiger partial charge in [-0.25, -0.2) is 8.78 Å². The van der Waals surface area contributed by atoms with Crippen LogP contribution in [0.1, 0.15) is 39.1 Å². The van der Waals surface area contributed by atoms with Crippen LogP contribution in [0.4, 0.5) is 8.78 Å². The molecule has 0 aliphatic carbocycles. The van der Waals surface area contributed by atoms with Gasteiger partial charge in [0.25, 0.3) is 11.8 Å². The zero-order valence-electron chi connectivity index (χ0n) is 16.0. The third-order valence-corrected chi connectivity index (χ3v) is 5.48. The van der Waals surface area contributed by atoms with Gasteiger partial charge >= 0.3 is 0 Å². The summed E-state index contributed by atoms with van der Waals surface area (Å²) in [7, 11) is 0. The molecular weight excluding hydrogens is 376 g/mol. The molecule has 0 spiro atoms. The Balaban J connectivity index is 1.28. The Labute approximate surface area is 168 Å². The average molecular weight is 399 g/mol. The van der Waals surface area contributed by atoms with Crippen molar-refractivity contribution in [3.63, 3.8) is 0 Å². The van der Waals surface area contributed by atoms with Crippen molar-refractivity contribution in [1.82, 2.24) is 15.1 Å². The first kappa shape index (κ1) is 19.7.